The zero-order valence-corrected chi connectivity index (χ0v) is 9.48. The fourth-order valence-corrected chi connectivity index (χ4v) is 1.50. The van der Waals surface area contributed by atoms with Gasteiger partial charge in [0.1, 0.15) is 10.6 Å². The van der Waals surface area contributed by atoms with E-state index in [0.717, 1.165) is 0 Å². The van der Waals surface area contributed by atoms with E-state index in [4.69, 9.17) is 9.62 Å². The molecule has 0 spiro atoms. The molecule has 0 aromatic carbocycles. The third kappa shape index (κ3) is 2.08. The topological polar surface area (TPSA) is 107 Å². The first kappa shape index (κ1) is 11.8. The highest BCUT2D eigenvalue weighted by atomic mass is 16.6. The van der Waals surface area contributed by atoms with Gasteiger partial charge >= 0.3 is 5.88 Å². The zero-order chi connectivity index (χ0) is 13.1. The number of hydrogen-bond acceptors (Lipinski definition) is 6. The van der Waals surface area contributed by atoms with Gasteiger partial charge in [-0.2, -0.15) is 5.10 Å². The van der Waals surface area contributed by atoms with Crippen molar-refractivity contribution in [3.05, 3.63) is 34.0 Å². The average Bonchev–Trinajstić information content (AvgIpc) is 2.94. The molecule has 2 heterocycles. The predicted octanol–water partition coefficient (Wildman–Crippen LogP) is 1.88. The van der Waals surface area contributed by atoms with Crippen molar-refractivity contribution in [1.82, 2.24) is 9.78 Å². The first-order chi connectivity index (χ1) is 8.65. The van der Waals surface area contributed by atoms with Crippen LogP contribution in [-0.4, -0.2) is 26.1 Å². The number of aryl methyl sites for hydroxylation is 1. The van der Waals surface area contributed by atoms with E-state index in [2.05, 4.69) is 10.3 Å². The van der Waals surface area contributed by atoms with Gasteiger partial charge in [-0.05, 0) is 13.0 Å². The first-order valence-electron chi connectivity index (χ1n) is 5.15. The number of rotatable bonds is 4. The summed E-state index contributed by atoms with van der Waals surface area (Å²) in [7, 11) is 0. The van der Waals surface area contributed by atoms with Gasteiger partial charge in [0.2, 0.25) is 0 Å². The molecule has 0 atom stereocenters. The number of nitro groups is 1. The summed E-state index contributed by atoms with van der Waals surface area (Å²) in [6.07, 6.45) is 2.85. The van der Waals surface area contributed by atoms with E-state index < -0.39 is 4.92 Å². The minimum atomic E-state index is -0.625. The summed E-state index contributed by atoms with van der Waals surface area (Å²) in [5.74, 6) is -0.105. The number of hydrogen-bond donors (Lipinski definition) is 1. The second-order valence-corrected chi connectivity index (χ2v) is 3.43. The molecule has 0 fully saturated rings. The quantitative estimate of drug-likeness (QED) is 0.386. The lowest BCUT2D eigenvalue weighted by Gasteiger charge is -1.92. The van der Waals surface area contributed by atoms with Crippen molar-refractivity contribution in [2.75, 3.05) is 0 Å². The molecule has 8 nitrogen and oxygen atoms in total. The van der Waals surface area contributed by atoms with Crippen LogP contribution >= 0.6 is 0 Å². The van der Waals surface area contributed by atoms with Gasteiger partial charge in [0, 0.05) is 18.3 Å². The molecule has 1 N–H and O–H groups in total. The van der Waals surface area contributed by atoms with Crippen LogP contribution in [0.1, 0.15) is 12.5 Å². The van der Waals surface area contributed by atoms with Crippen molar-refractivity contribution in [3.8, 4) is 11.5 Å². The summed E-state index contributed by atoms with van der Waals surface area (Å²) < 4.78 is 6.67. The molecule has 94 valence electrons. The third-order valence-corrected chi connectivity index (χ3v) is 2.32. The van der Waals surface area contributed by atoms with Gasteiger partial charge in [0.25, 0.3) is 0 Å². The molecule has 0 saturated heterocycles. The van der Waals surface area contributed by atoms with Gasteiger partial charge in [0.05, 0.1) is 12.3 Å². The number of oxime groups is 1. The monoisotopic (exact) mass is 250 g/mol. The van der Waals surface area contributed by atoms with E-state index in [-0.39, 0.29) is 11.6 Å². The molecule has 0 unspecified atom stereocenters. The van der Waals surface area contributed by atoms with Gasteiger partial charge < -0.3 is 9.62 Å². The van der Waals surface area contributed by atoms with Crippen molar-refractivity contribution in [3.63, 3.8) is 0 Å². The zero-order valence-electron chi connectivity index (χ0n) is 9.48. The second-order valence-electron chi connectivity index (χ2n) is 3.43. The van der Waals surface area contributed by atoms with Crippen LogP contribution in [0.15, 0.2) is 27.9 Å². The Kier molecular flexibility index (Phi) is 3.09. The van der Waals surface area contributed by atoms with Crippen molar-refractivity contribution in [1.29, 1.82) is 0 Å². The van der Waals surface area contributed by atoms with Crippen LogP contribution in [-0.2, 0) is 6.54 Å². The summed E-state index contributed by atoms with van der Waals surface area (Å²) >= 11 is 0. The Morgan fingerprint density at radius 3 is 3.00 bits per heavy atom. The number of aromatic nitrogens is 2. The molecule has 0 aliphatic heterocycles. The van der Waals surface area contributed by atoms with Crippen LogP contribution in [0.2, 0.25) is 0 Å². The maximum Gasteiger partial charge on any atom is 0.433 e. The molecule has 18 heavy (non-hydrogen) atoms. The van der Waals surface area contributed by atoms with Gasteiger partial charge in [0.15, 0.2) is 5.76 Å². The molecule has 2 aromatic heterocycles. The SMILES string of the molecule is CCn1cc(/C=N/O)c(-c2ccc([N+](=O)[O-])o2)n1. The Hall–Kier alpha value is -2.64. The highest BCUT2D eigenvalue weighted by Gasteiger charge is 2.18. The van der Waals surface area contributed by atoms with E-state index in [1.807, 2.05) is 6.92 Å². The second kappa shape index (κ2) is 4.70. The molecule has 0 saturated carbocycles. The maximum absolute atomic E-state index is 10.5. The normalized spacial score (nSPS) is 11.2. The summed E-state index contributed by atoms with van der Waals surface area (Å²) in [5, 5.41) is 26.2. The number of furan rings is 1. The van der Waals surface area contributed by atoms with Gasteiger partial charge in [-0.3, -0.25) is 14.8 Å². The van der Waals surface area contributed by atoms with Crippen molar-refractivity contribution < 1.29 is 14.5 Å². The maximum atomic E-state index is 10.5. The Bertz CT molecular complexity index is 599. The van der Waals surface area contributed by atoms with Crippen LogP contribution in [0.3, 0.4) is 0 Å². The lowest BCUT2D eigenvalue weighted by atomic mass is 10.2. The molecular formula is C10H10N4O4. The lowest BCUT2D eigenvalue weighted by molar-refractivity contribution is -0.401. The van der Waals surface area contributed by atoms with Crippen molar-refractivity contribution in [2.45, 2.75) is 13.5 Å². The van der Waals surface area contributed by atoms with Crippen molar-refractivity contribution >= 4 is 12.1 Å². The first-order valence-corrected chi connectivity index (χ1v) is 5.15. The summed E-state index contributed by atoms with van der Waals surface area (Å²) in [6, 6.07) is 2.70. The highest BCUT2D eigenvalue weighted by molar-refractivity contribution is 5.87. The minimum absolute atomic E-state index is 0.254. The molecule has 2 aromatic rings. The Labute approximate surface area is 101 Å². The largest absolute Gasteiger partial charge is 0.433 e. The molecule has 0 aliphatic rings. The van der Waals surface area contributed by atoms with Gasteiger partial charge in [-0.25, -0.2) is 0 Å². The molecule has 0 bridgehead atoms. The fourth-order valence-electron chi connectivity index (χ4n) is 1.50. The molecule has 0 aliphatic carbocycles. The fraction of sp³-hybridized carbons (Fsp3) is 0.200. The van der Waals surface area contributed by atoms with Crippen LogP contribution in [0.5, 0.6) is 0 Å². The van der Waals surface area contributed by atoms with Crippen LogP contribution in [0.4, 0.5) is 5.88 Å². The van der Waals surface area contributed by atoms with E-state index in [1.165, 1.54) is 18.3 Å². The van der Waals surface area contributed by atoms with Gasteiger partial charge in [-0.1, -0.05) is 5.16 Å². The molecule has 0 amide bonds. The highest BCUT2D eigenvalue weighted by Crippen LogP contribution is 2.26. The molecule has 8 heteroatoms. The standard InChI is InChI=1S/C10H10N4O4/c1-2-13-6-7(5-11-15)10(12-13)8-3-4-9(18-8)14(16)17/h3-6,15H,2H2,1H3/b11-5+. The Morgan fingerprint density at radius 2 is 2.44 bits per heavy atom. The van der Waals surface area contributed by atoms with Crippen LogP contribution in [0, 0.1) is 10.1 Å². The third-order valence-electron chi connectivity index (χ3n) is 2.32. The van der Waals surface area contributed by atoms with Crippen LogP contribution in [0.25, 0.3) is 11.5 Å². The Morgan fingerprint density at radius 1 is 1.67 bits per heavy atom. The van der Waals surface area contributed by atoms with E-state index in [1.54, 1.807) is 10.9 Å². The minimum Gasteiger partial charge on any atom is -0.411 e. The number of nitrogens with zero attached hydrogens (tertiary/aromatic N) is 4. The average molecular weight is 250 g/mol. The Balaban J connectivity index is 2.47. The predicted molar refractivity (Wildman–Crippen MR) is 61.6 cm³/mol. The van der Waals surface area contributed by atoms with Crippen molar-refractivity contribution in [2.24, 2.45) is 5.16 Å². The summed E-state index contributed by atoms with van der Waals surface area (Å²) in [5.41, 5.74) is 0.909. The lowest BCUT2D eigenvalue weighted by Crippen LogP contribution is -1.93. The van der Waals surface area contributed by atoms with E-state index in [0.29, 0.717) is 17.8 Å². The van der Waals surface area contributed by atoms with E-state index in [9.17, 15) is 10.1 Å². The molecule has 0 radical (unpaired) electrons. The molecular weight excluding hydrogens is 240 g/mol. The van der Waals surface area contributed by atoms with Gasteiger partial charge in [-0.15, -0.1) is 0 Å². The summed E-state index contributed by atoms with van der Waals surface area (Å²) in [6.45, 7) is 2.51. The smallest absolute Gasteiger partial charge is 0.411 e. The summed E-state index contributed by atoms with van der Waals surface area (Å²) in [4.78, 5) is 9.91. The van der Waals surface area contributed by atoms with E-state index >= 15 is 0 Å². The molecule has 2 rings (SSSR count). The van der Waals surface area contributed by atoms with Crippen LogP contribution < -0.4 is 0 Å².